The van der Waals surface area contributed by atoms with Gasteiger partial charge in [0.05, 0.1) is 0 Å². The zero-order valence-electron chi connectivity index (χ0n) is 17.4. The van der Waals surface area contributed by atoms with Gasteiger partial charge < -0.3 is 9.05 Å². The highest BCUT2D eigenvalue weighted by Gasteiger charge is 2.69. The van der Waals surface area contributed by atoms with Gasteiger partial charge in [-0.2, -0.15) is 17.6 Å². The molecule has 0 aliphatic carbocycles. The monoisotopic (exact) mass is 524 g/mol. The van der Waals surface area contributed by atoms with Crippen LogP contribution in [0.3, 0.4) is 0 Å². The van der Waals surface area contributed by atoms with E-state index in [0.29, 0.717) is 0 Å². The van der Waals surface area contributed by atoms with Crippen LogP contribution in [-0.4, -0.2) is 18.4 Å². The molecular formula is C22H16F7O5P. The molecule has 0 amide bonds. The Morgan fingerprint density at radius 3 is 1.43 bits per heavy atom. The van der Waals surface area contributed by atoms with Crippen LogP contribution in [0.2, 0.25) is 0 Å². The van der Waals surface area contributed by atoms with Gasteiger partial charge >= 0.3 is 26.2 Å². The van der Waals surface area contributed by atoms with E-state index in [2.05, 4.69) is 4.74 Å². The molecule has 0 saturated heterocycles. The average molecular weight is 524 g/mol. The minimum absolute atomic E-state index is 0.222. The van der Waals surface area contributed by atoms with Crippen LogP contribution in [0.4, 0.5) is 30.7 Å². The lowest BCUT2D eigenvalue weighted by Gasteiger charge is -2.34. The van der Waals surface area contributed by atoms with Crippen LogP contribution in [0, 0.1) is 0 Å². The standard InChI is InChI=1S/C22H16F7O5P/c23-20(24,21(25,26)34-22(27,28)29)19(16-10-4-1-5-11-16)33-35(30,31-17-12-6-2-7-13-17)32-18-14-8-3-9-15-18/h1-15,19H/t19-/m0/s1. The topological polar surface area (TPSA) is 54.0 Å². The number of hydrogen-bond donors (Lipinski definition) is 0. The van der Waals surface area contributed by atoms with Crippen molar-refractivity contribution >= 4 is 7.82 Å². The predicted octanol–water partition coefficient (Wildman–Crippen LogP) is 7.77. The molecule has 3 rings (SSSR count). The van der Waals surface area contributed by atoms with Crippen molar-refractivity contribution < 1.29 is 53.6 Å². The molecule has 188 valence electrons. The molecule has 0 saturated carbocycles. The lowest BCUT2D eigenvalue weighted by Crippen LogP contribution is -2.50. The predicted molar refractivity (Wildman–Crippen MR) is 109 cm³/mol. The van der Waals surface area contributed by atoms with Gasteiger partial charge in [-0.1, -0.05) is 66.7 Å². The van der Waals surface area contributed by atoms with Gasteiger partial charge in [0.15, 0.2) is 6.10 Å². The first-order valence-electron chi connectivity index (χ1n) is 9.66. The number of halogens is 7. The number of phosphoric ester groups is 1. The highest BCUT2D eigenvalue weighted by atomic mass is 31.2. The number of benzene rings is 3. The Morgan fingerprint density at radius 1 is 0.629 bits per heavy atom. The highest BCUT2D eigenvalue weighted by molar-refractivity contribution is 7.49. The maximum absolute atomic E-state index is 15.0. The second-order valence-corrected chi connectivity index (χ2v) is 8.31. The summed E-state index contributed by atoms with van der Waals surface area (Å²) in [5, 5.41) is 0. The molecule has 0 heterocycles. The first-order chi connectivity index (χ1) is 16.3. The van der Waals surface area contributed by atoms with Crippen molar-refractivity contribution in [1.82, 2.24) is 0 Å². The first kappa shape index (κ1) is 26.5. The van der Waals surface area contributed by atoms with E-state index >= 15 is 0 Å². The number of para-hydroxylation sites is 2. The molecule has 0 aliphatic rings. The molecule has 0 radical (unpaired) electrons. The first-order valence-corrected chi connectivity index (χ1v) is 11.1. The van der Waals surface area contributed by atoms with E-state index in [1.807, 2.05) is 0 Å². The third kappa shape index (κ3) is 6.97. The second kappa shape index (κ2) is 10.3. The summed E-state index contributed by atoms with van der Waals surface area (Å²) in [4.78, 5) is 0. The number of ether oxygens (including phenoxy) is 1. The van der Waals surface area contributed by atoms with E-state index < -0.39 is 37.9 Å². The molecular weight excluding hydrogens is 508 g/mol. The molecule has 0 unspecified atom stereocenters. The number of hydrogen-bond acceptors (Lipinski definition) is 5. The Kier molecular flexibility index (Phi) is 7.78. The van der Waals surface area contributed by atoms with Gasteiger partial charge in [-0.25, -0.2) is 9.30 Å². The second-order valence-electron chi connectivity index (χ2n) is 6.84. The Morgan fingerprint density at radius 2 is 1.03 bits per heavy atom. The van der Waals surface area contributed by atoms with Crippen molar-refractivity contribution in [1.29, 1.82) is 0 Å². The van der Waals surface area contributed by atoms with Crippen molar-refractivity contribution in [3.63, 3.8) is 0 Å². The van der Waals surface area contributed by atoms with Crippen molar-refractivity contribution in [2.45, 2.75) is 24.5 Å². The van der Waals surface area contributed by atoms with Crippen LogP contribution < -0.4 is 9.05 Å². The van der Waals surface area contributed by atoms with Crippen LogP contribution in [0.1, 0.15) is 11.7 Å². The van der Waals surface area contributed by atoms with Crippen LogP contribution in [-0.2, 0) is 13.8 Å². The van der Waals surface area contributed by atoms with Crippen LogP contribution >= 0.6 is 7.82 Å². The molecule has 0 spiro atoms. The van der Waals surface area contributed by atoms with Crippen LogP contribution in [0.5, 0.6) is 11.5 Å². The number of alkyl halides is 7. The molecule has 1 atom stereocenters. The Balaban J connectivity index is 2.07. The molecule has 13 heteroatoms. The van der Waals surface area contributed by atoms with E-state index in [0.717, 1.165) is 24.3 Å². The average Bonchev–Trinajstić information content (AvgIpc) is 2.77. The van der Waals surface area contributed by atoms with Gasteiger partial charge in [-0.3, -0.25) is 4.52 Å². The maximum Gasteiger partial charge on any atom is 0.588 e. The van der Waals surface area contributed by atoms with Crippen molar-refractivity contribution in [2.75, 3.05) is 0 Å². The zero-order chi connectivity index (χ0) is 25.7. The molecule has 0 fully saturated rings. The molecule has 5 nitrogen and oxygen atoms in total. The van der Waals surface area contributed by atoms with Gasteiger partial charge in [0.2, 0.25) is 0 Å². The molecule has 0 bridgehead atoms. The van der Waals surface area contributed by atoms with Gasteiger partial charge in [-0.15, -0.1) is 13.2 Å². The van der Waals surface area contributed by atoms with E-state index in [9.17, 15) is 35.3 Å². The van der Waals surface area contributed by atoms with Crippen molar-refractivity contribution in [3.8, 4) is 11.5 Å². The fourth-order valence-corrected chi connectivity index (χ4v) is 4.14. The molecule has 0 N–H and O–H groups in total. The summed E-state index contributed by atoms with van der Waals surface area (Å²) < 4.78 is 127. The summed E-state index contributed by atoms with van der Waals surface area (Å²) in [6, 6.07) is 19.0. The van der Waals surface area contributed by atoms with E-state index in [4.69, 9.17) is 13.6 Å². The van der Waals surface area contributed by atoms with Gasteiger partial charge in [0.25, 0.3) is 0 Å². The zero-order valence-corrected chi connectivity index (χ0v) is 18.3. The summed E-state index contributed by atoms with van der Waals surface area (Å²) in [6.45, 7) is 0. The lowest BCUT2D eigenvalue weighted by atomic mass is 10.0. The van der Waals surface area contributed by atoms with E-state index in [1.165, 1.54) is 66.7 Å². The molecule has 3 aromatic rings. The quantitative estimate of drug-likeness (QED) is 0.200. The summed E-state index contributed by atoms with van der Waals surface area (Å²) in [5.74, 6) is -6.15. The summed E-state index contributed by atoms with van der Waals surface area (Å²) >= 11 is 0. The molecule has 0 aromatic heterocycles. The normalized spacial score (nSPS) is 13.8. The van der Waals surface area contributed by atoms with Gasteiger partial charge in [0.1, 0.15) is 11.5 Å². The molecule has 3 aromatic carbocycles. The van der Waals surface area contributed by atoms with Gasteiger partial charge in [0, 0.05) is 0 Å². The third-order valence-corrected chi connectivity index (χ3v) is 5.56. The fourth-order valence-electron chi connectivity index (χ4n) is 2.74. The minimum Gasteiger partial charge on any atom is -0.395 e. The minimum atomic E-state index is -6.13. The molecule has 35 heavy (non-hydrogen) atoms. The van der Waals surface area contributed by atoms with Crippen molar-refractivity contribution in [3.05, 3.63) is 96.6 Å². The SMILES string of the molecule is O=P(Oc1ccccc1)(Oc1ccccc1)O[C@@H](c1ccccc1)C(F)(F)C(F)(F)OC(F)(F)F. The number of rotatable bonds is 10. The van der Waals surface area contributed by atoms with Crippen LogP contribution in [0.25, 0.3) is 0 Å². The van der Waals surface area contributed by atoms with Gasteiger partial charge in [-0.05, 0) is 29.8 Å². The van der Waals surface area contributed by atoms with Crippen molar-refractivity contribution in [2.24, 2.45) is 0 Å². The van der Waals surface area contributed by atoms with E-state index in [1.54, 1.807) is 0 Å². The maximum atomic E-state index is 15.0. The Hall–Kier alpha value is -3.08. The summed E-state index contributed by atoms with van der Waals surface area (Å²) in [7, 11) is -5.25. The Labute approximate surface area is 194 Å². The number of phosphoric acid groups is 1. The fraction of sp³-hybridized carbons (Fsp3) is 0.182. The highest BCUT2D eigenvalue weighted by Crippen LogP contribution is 2.58. The smallest absolute Gasteiger partial charge is 0.395 e. The summed E-state index contributed by atoms with van der Waals surface area (Å²) in [6.07, 6.45) is -15.5. The lowest BCUT2D eigenvalue weighted by molar-refractivity contribution is -0.473. The third-order valence-electron chi connectivity index (χ3n) is 4.22. The summed E-state index contributed by atoms with van der Waals surface area (Å²) in [5.41, 5.74) is -0.753. The largest absolute Gasteiger partial charge is 0.588 e. The Bertz CT molecular complexity index is 1080. The van der Waals surface area contributed by atoms with E-state index in [-0.39, 0.29) is 11.5 Å². The van der Waals surface area contributed by atoms with Crippen LogP contribution in [0.15, 0.2) is 91.0 Å². The molecule has 0 aliphatic heterocycles.